The molecule has 2 unspecified atom stereocenters. The molecular weight excluding hydrogens is 136 g/mol. The van der Waals surface area contributed by atoms with Crippen molar-refractivity contribution in [3.05, 3.63) is 0 Å². The Morgan fingerprint density at radius 1 is 1.27 bits per heavy atom. The second-order valence-electron chi connectivity index (χ2n) is 4.93. The highest BCUT2D eigenvalue weighted by molar-refractivity contribution is 5.03. The Hall–Kier alpha value is -0.0400. The van der Waals surface area contributed by atoms with E-state index in [0.29, 0.717) is 5.41 Å². The molecule has 1 saturated heterocycles. The lowest BCUT2D eigenvalue weighted by molar-refractivity contribution is -0.0231. The molecule has 0 N–H and O–H groups in total. The summed E-state index contributed by atoms with van der Waals surface area (Å²) in [7, 11) is 0. The highest BCUT2D eigenvalue weighted by Gasteiger charge is 2.54. The largest absolute Gasteiger partial charge is 0.375 e. The van der Waals surface area contributed by atoms with Gasteiger partial charge in [0.05, 0.1) is 12.2 Å². The molecule has 1 nitrogen and oxygen atoms in total. The number of hydrogen-bond donors (Lipinski definition) is 0. The van der Waals surface area contributed by atoms with Crippen molar-refractivity contribution < 1.29 is 4.74 Å². The van der Waals surface area contributed by atoms with Crippen molar-refractivity contribution in [3.63, 3.8) is 0 Å². The molecule has 0 amide bonds. The number of fused-ring (bicyclic) bond motifs is 2. The molecule has 64 valence electrons. The van der Waals surface area contributed by atoms with E-state index >= 15 is 0 Å². The maximum Gasteiger partial charge on any atom is 0.0661 e. The van der Waals surface area contributed by atoms with E-state index in [1.54, 1.807) is 0 Å². The molecule has 1 heteroatoms. The van der Waals surface area contributed by atoms with E-state index in [0.717, 1.165) is 12.5 Å². The molecule has 0 radical (unpaired) electrons. The van der Waals surface area contributed by atoms with Crippen LogP contribution in [0.25, 0.3) is 0 Å². The Bertz CT molecular complexity index is 164. The predicted octanol–water partition coefficient (Wildman–Crippen LogP) is 2.60. The van der Waals surface area contributed by atoms with Crippen LogP contribution in [0.5, 0.6) is 0 Å². The molecule has 2 rings (SSSR count). The van der Waals surface area contributed by atoms with Crippen molar-refractivity contribution in [2.75, 3.05) is 6.61 Å². The Kier molecular flexibility index (Phi) is 1.39. The lowest BCUT2D eigenvalue weighted by Gasteiger charge is -2.30. The first-order valence-corrected chi connectivity index (χ1v) is 4.70. The molecule has 2 aliphatic rings. The van der Waals surface area contributed by atoms with Gasteiger partial charge in [-0.15, -0.1) is 0 Å². The molecule has 2 atom stereocenters. The van der Waals surface area contributed by atoms with E-state index in [-0.39, 0.29) is 5.60 Å². The molecule has 0 aromatic carbocycles. The van der Waals surface area contributed by atoms with Crippen LogP contribution in [0.4, 0.5) is 0 Å². The average molecular weight is 154 g/mol. The van der Waals surface area contributed by atoms with E-state index in [2.05, 4.69) is 20.8 Å². The normalized spacial score (nSPS) is 49.1. The second kappa shape index (κ2) is 2.01. The summed E-state index contributed by atoms with van der Waals surface area (Å²) in [5.41, 5.74) is 0.805. The minimum atomic E-state index is 0.254. The van der Waals surface area contributed by atoms with Crippen LogP contribution in [-0.4, -0.2) is 12.2 Å². The van der Waals surface area contributed by atoms with Gasteiger partial charge >= 0.3 is 0 Å². The summed E-state index contributed by atoms with van der Waals surface area (Å²) in [5.74, 6) is 0.798. The quantitative estimate of drug-likeness (QED) is 0.564. The summed E-state index contributed by atoms with van der Waals surface area (Å²) in [5, 5.41) is 0. The van der Waals surface area contributed by atoms with Gasteiger partial charge in [-0.05, 0) is 37.5 Å². The molecule has 1 aliphatic carbocycles. The topological polar surface area (TPSA) is 9.23 Å². The Balaban J connectivity index is 2.20. The predicted molar refractivity (Wildman–Crippen MR) is 45.5 cm³/mol. The van der Waals surface area contributed by atoms with Crippen molar-refractivity contribution in [2.24, 2.45) is 11.3 Å². The number of rotatable bonds is 1. The molecule has 1 saturated carbocycles. The zero-order chi connectivity index (χ0) is 8.11. The fourth-order valence-corrected chi connectivity index (χ4v) is 2.66. The van der Waals surface area contributed by atoms with Crippen molar-refractivity contribution in [2.45, 2.75) is 45.6 Å². The Morgan fingerprint density at radius 3 is 2.18 bits per heavy atom. The van der Waals surface area contributed by atoms with E-state index in [9.17, 15) is 0 Å². The molecule has 0 aromatic rings. The first kappa shape index (κ1) is 7.60. The average Bonchev–Trinajstić information content (AvgIpc) is 2.42. The summed E-state index contributed by atoms with van der Waals surface area (Å²) in [6.07, 6.45) is 3.98. The van der Waals surface area contributed by atoms with Crippen molar-refractivity contribution in [3.8, 4) is 0 Å². The van der Waals surface area contributed by atoms with E-state index in [4.69, 9.17) is 4.74 Å². The number of hydrogen-bond acceptors (Lipinski definition) is 1. The summed E-state index contributed by atoms with van der Waals surface area (Å²) in [4.78, 5) is 0. The fourth-order valence-electron chi connectivity index (χ4n) is 2.66. The maximum absolute atomic E-state index is 5.80. The highest BCUT2D eigenvalue weighted by atomic mass is 16.5. The van der Waals surface area contributed by atoms with Crippen LogP contribution >= 0.6 is 0 Å². The van der Waals surface area contributed by atoms with Crippen molar-refractivity contribution >= 4 is 0 Å². The lowest BCUT2D eigenvalue weighted by Crippen LogP contribution is -2.27. The SMILES string of the molecule is CC(C)C12CCC(C)(C1)OC2. The van der Waals surface area contributed by atoms with Gasteiger partial charge in [0.1, 0.15) is 0 Å². The number of ether oxygens (including phenoxy) is 1. The smallest absolute Gasteiger partial charge is 0.0661 e. The van der Waals surface area contributed by atoms with Crippen LogP contribution in [0.2, 0.25) is 0 Å². The summed E-state index contributed by atoms with van der Waals surface area (Å²) >= 11 is 0. The van der Waals surface area contributed by atoms with Gasteiger partial charge in [0.15, 0.2) is 0 Å². The van der Waals surface area contributed by atoms with Crippen LogP contribution in [-0.2, 0) is 4.74 Å². The molecule has 2 bridgehead atoms. The van der Waals surface area contributed by atoms with Gasteiger partial charge in [0, 0.05) is 0 Å². The second-order valence-corrected chi connectivity index (χ2v) is 4.93. The van der Waals surface area contributed by atoms with Crippen LogP contribution < -0.4 is 0 Å². The first-order chi connectivity index (χ1) is 5.06. The van der Waals surface area contributed by atoms with Crippen LogP contribution in [0.3, 0.4) is 0 Å². The monoisotopic (exact) mass is 154 g/mol. The van der Waals surface area contributed by atoms with Crippen LogP contribution in [0.15, 0.2) is 0 Å². The lowest BCUT2D eigenvalue weighted by atomic mass is 9.77. The van der Waals surface area contributed by atoms with Crippen molar-refractivity contribution in [1.82, 2.24) is 0 Å². The third-order valence-electron chi connectivity index (χ3n) is 3.81. The Labute approximate surface area is 69.1 Å². The third kappa shape index (κ3) is 0.936. The molecular formula is C10H18O. The molecule has 1 aliphatic heterocycles. The fraction of sp³-hybridized carbons (Fsp3) is 1.00. The minimum Gasteiger partial charge on any atom is -0.375 e. The Morgan fingerprint density at radius 2 is 2.00 bits per heavy atom. The van der Waals surface area contributed by atoms with Gasteiger partial charge in [-0.2, -0.15) is 0 Å². The van der Waals surface area contributed by atoms with Crippen LogP contribution in [0, 0.1) is 11.3 Å². The molecule has 0 spiro atoms. The van der Waals surface area contributed by atoms with Gasteiger partial charge in [-0.1, -0.05) is 13.8 Å². The molecule has 1 heterocycles. The van der Waals surface area contributed by atoms with Gasteiger partial charge in [0.25, 0.3) is 0 Å². The summed E-state index contributed by atoms with van der Waals surface area (Å²) < 4.78 is 5.80. The van der Waals surface area contributed by atoms with E-state index < -0.39 is 0 Å². The highest BCUT2D eigenvalue weighted by Crippen LogP contribution is 2.56. The van der Waals surface area contributed by atoms with Gasteiger partial charge in [-0.25, -0.2) is 0 Å². The standard InChI is InChI=1S/C10H18O/c1-8(2)10-5-4-9(3,6-10)11-7-10/h8H,4-7H2,1-3H3. The first-order valence-electron chi connectivity index (χ1n) is 4.70. The third-order valence-corrected chi connectivity index (χ3v) is 3.81. The van der Waals surface area contributed by atoms with Crippen LogP contribution in [0.1, 0.15) is 40.0 Å². The molecule has 11 heavy (non-hydrogen) atoms. The summed E-state index contributed by atoms with van der Waals surface area (Å²) in [6.45, 7) is 7.95. The van der Waals surface area contributed by atoms with E-state index in [1.165, 1.54) is 19.3 Å². The van der Waals surface area contributed by atoms with E-state index in [1.807, 2.05) is 0 Å². The van der Waals surface area contributed by atoms with Gasteiger partial charge in [0.2, 0.25) is 0 Å². The molecule has 0 aromatic heterocycles. The minimum absolute atomic E-state index is 0.254. The zero-order valence-electron chi connectivity index (χ0n) is 7.81. The zero-order valence-corrected chi connectivity index (χ0v) is 7.81. The summed E-state index contributed by atoms with van der Waals surface area (Å²) in [6, 6.07) is 0. The van der Waals surface area contributed by atoms with Gasteiger partial charge in [-0.3, -0.25) is 0 Å². The maximum atomic E-state index is 5.80. The van der Waals surface area contributed by atoms with Crippen molar-refractivity contribution in [1.29, 1.82) is 0 Å². The van der Waals surface area contributed by atoms with Gasteiger partial charge < -0.3 is 4.74 Å². The molecule has 2 fully saturated rings.